The van der Waals surface area contributed by atoms with E-state index in [0.29, 0.717) is 36.6 Å². The predicted octanol–water partition coefficient (Wildman–Crippen LogP) is 4.44. The number of fused-ring (bicyclic) bond motifs is 1. The van der Waals surface area contributed by atoms with Crippen molar-refractivity contribution >= 4 is 5.91 Å². The summed E-state index contributed by atoms with van der Waals surface area (Å²) in [5.41, 5.74) is 2.06. The van der Waals surface area contributed by atoms with Gasteiger partial charge < -0.3 is 9.64 Å². The van der Waals surface area contributed by atoms with Crippen molar-refractivity contribution in [2.24, 2.45) is 10.2 Å². The number of alkyl halides is 3. The first-order valence-corrected chi connectivity index (χ1v) is 8.70. The van der Waals surface area contributed by atoms with Crippen molar-refractivity contribution in [2.75, 3.05) is 19.7 Å². The van der Waals surface area contributed by atoms with Gasteiger partial charge in [-0.1, -0.05) is 18.2 Å². The monoisotopic (exact) mass is 387 g/mol. The molecule has 0 radical (unpaired) electrons. The molecule has 2 aliphatic rings. The molecule has 0 bridgehead atoms. The third-order valence-electron chi connectivity index (χ3n) is 4.68. The van der Waals surface area contributed by atoms with Gasteiger partial charge in [-0.25, -0.2) is 0 Å². The van der Waals surface area contributed by atoms with Crippen molar-refractivity contribution in [3.05, 3.63) is 65.4 Å². The second-order valence-electron chi connectivity index (χ2n) is 6.54. The van der Waals surface area contributed by atoms with Crippen molar-refractivity contribution in [1.29, 1.82) is 0 Å². The third-order valence-corrected chi connectivity index (χ3v) is 4.68. The summed E-state index contributed by atoms with van der Waals surface area (Å²) in [6.07, 6.45) is -2.90. The van der Waals surface area contributed by atoms with Gasteiger partial charge in [-0.3, -0.25) is 4.79 Å². The maximum Gasteiger partial charge on any atom is 0.416 e. The topological polar surface area (TPSA) is 54.3 Å². The molecule has 0 unspecified atom stereocenters. The Hall–Kier alpha value is -3.16. The fourth-order valence-corrected chi connectivity index (χ4v) is 3.19. The van der Waals surface area contributed by atoms with Crippen LogP contribution in [-0.4, -0.2) is 30.5 Å². The lowest BCUT2D eigenvalue weighted by atomic mass is 10.0. The van der Waals surface area contributed by atoms with E-state index in [9.17, 15) is 18.0 Å². The molecule has 144 valence electrons. The quantitative estimate of drug-likeness (QED) is 0.765. The number of nitrogens with zero attached hydrogens (tertiary/aromatic N) is 3. The van der Waals surface area contributed by atoms with Gasteiger partial charge in [0.25, 0.3) is 5.91 Å². The molecule has 0 fully saturated rings. The van der Waals surface area contributed by atoms with Crippen LogP contribution in [-0.2, 0) is 17.5 Å². The summed E-state index contributed by atoms with van der Waals surface area (Å²) in [6, 6.07) is 10.4. The Labute approximate surface area is 159 Å². The van der Waals surface area contributed by atoms with Gasteiger partial charge in [0, 0.05) is 12.1 Å². The van der Waals surface area contributed by atoms with Gasteiger partial charge in [0.2, 0.25) is 0 Å². The van der Waals surface area contributed by atoms with Crippen LogP contribution in [0.1, 0.15) is 11.1 Å². The van der Waals surface area contributed by atoms with Gasteiger partial charge in [0.15, 0.2) is 0 Å². The fraction of sp³-hybridized carbons (Fsp3) is 0.250. The highest BCUT2D eigenvalue weighted by Gasteiger charge is 2.30. The smallest absolute Gasteiger partial charge is 0.416 e. The number of ether oxygens (including phenoxy) is 1. The highest BCUT2D eigenvalue weighted by atomic mass is 19.4. The Kier molecular flexibility index (Phi) is 4.62. The summed E-state index contributed by atoms with van der Waals surface area (Å²) in [4.78, 5) is 14.3. The van der Waals surface area contributed by atoms with E-state index in [1.807, 2.05) is 6.07 Å². The van der Waals surface area contributed by atoms with Crippen LogP contribution in [0.5, 0.6) is 5.75 Å². The molecule has 28 heavy (non-hydrogen) atoms. The number of carbonyl (C=O) groups is 1. The lowest BCUT2D eigenvalue weighted by Crippen LogP contribution is -2.33. The molecule has 2 aromatic carbocycles. The summed E-state index contributed by atoms with van der Waals surface area (Å²) < 4.78 is 44.0. The van der Waals surface area contributed by atoms with Crippen molar-refractivity contribution in [1.82, 2.24) is 4.90 Å². The van der Waals surface area contributed by atoms with Gasteiger partial charge in [-0.15, -0.1) is 0 Å². The standard InChI is InChI=1S/C20H16F3N3O2/c21-20(22,23)17-4-1-13(2-5-17)14-3-6-18-15(9-14)12-26(7-8-28-18)19(27)16-10-24-25-11-16/h1-6,9-10H,7-8,11-12H2. The minimum absolute atomic E-state index is 0.138. The molecule has 0 spiro atoms. The SMILES string of the molecule is O=C(C1=CN=NC1)N1CCOc2ccc(-c3ccc(C(F)(F)F)cc3)cc2C1. The fourth-order valence-electron chi connectivity index (χ4n) is 3.19. The highest BCUT2D eigenvalue weighted by Crippen LogP contribution is 2.33. The lowest BCUT2D eigenvalue weighted by Gasteiger charge is -2.20. The van der Waals surface area contributed by atoms with Gasteiger partial charge in [0.1, 0.15) is 12.4 Å². The first kappa shape index (κ1) is 18.2. The molecule has 0 saturated heterocycles. The second-order valence-corrected chi connectivity index (χ2v) is 6.54. The van der Waals surface area contributed by atoms with E-state index < -0.39 is 11.7 Å². The Bertz CT molecular complexity index is 966. The van der Waals surface area contributed by atoms with Crippen molar-refractivity contribution in [2.45, 2.75) is 12.7 Å². The summed E-state index contributed by atoms with van der Waals surface area (Å²) in [7, 11) is 0. The highest BCUT2D eigenvalue weighted by molar-refractivity contribution is 5.94. The molecule has 0 saturated carbocycles. The summed E-state index contributed by atoms with van der Waals surface area (Å²) in [6.45, 7) is 1.41. The van der Waals surface area contributed by atoms with Crippen molar-refractivity contribution in [3.8, 4) is 16.9 Å². The Morgan fingerprint density at radius 2 is 1.82 bits per heavy atom. The molecule has 4 rings (SSSR count). The third kappa shape index (κ3) is 3.62. The Balaban J connectivity index is 1.59. The van der Waals surface area contributed by atoms with Crippen LogP contribution < -0.4 is 4.74 Å². The van der Waals surface area contributed by atoms with Crippen LogP contribution in [0.15, 0.2) is 64.5 Å². The zero-order chi connectivity index (χ0) is 19.7. The normalized spacial score (nSPS) is 16.2. The number of hydrogen-bond acceptors (Lipinski definition) is 4. The van der Waals surface area contributed by atoms with E-state index in [1.165, 1.54) is 18.3 Å². The number of hydrogen-bond donors (Lipinski definition) is 0. The molecule has 0 aliphatic carbocycles. The summed E-state index contributed by atoms with van der Waals surface area (Å²) >= 11 is 0. The van der Waals surface area contributed by atoms with Crippen LogP contribution in [0.25, 0.3) is 11.1 Å². The van der Waals surface area contributed by atoms with Crippen LogP contribution in [0.4, 0.5) is 13.2 Å². The molecular weight excluding hydrogens is 371 g/mol. The Morgan fingerprint density at radius 3 is 2.50 bits per heavy atom. The molecule has 2 aliphatic heterocycles. The molecule has 0 N–H and O–H groups in total. The zero-order valence-corrected chi connectivity index (χ0v) is 14.7. The van der Waals surface area contributed by atoms with Crippen molar-refractivity contribution in [3.63, 3.8) is 0 Å². The molecule has 2 heterocycles. The minimum Gasteiger partial charge on any atom is -0.491 e. The van der Waals surface area contributed by atoms with Crippen LogP contribution in [0, 0.1) is 0 Å². The van der Waals surface area contributed by atoms with Gasteiger partial charge in [0.05, 0.1) is 30.4 Å². The van der Waals surface area contributed by atoms with Gasteiger partial charge >= 0.3 is 6.18 Å². The van der Waals surface area contributed by atoms with E-state index in [2.05, 4.69) is 10.2 Å². The van der Waals surface area contributed by atoms with Crippen molar-refractivity contribution < 1.29 is 22.7 Å². The average molecular weight is 387 g/mol. The van der Waals surface area contributed by atoms with E-state index in [-0.39, 0.29) is 12.5 Å². The van der Waals surface area contributed by atoms with Gasteiger partial charge in [-0.2, -0.15) is 23.4 Å². The molecule has 0 atom stereocenters. The number of halogens is 3. The van der Waals surface area contributed by atoms with E-state index >= 15 is 0 Å². The predicted molar refractivity (Wildman–Crippen MR) is 95.6 cm³/mol. The van der Waals surface area contributed by atoms with Gasteiger partial charge in [-0.05, 0) is 35.4 Å². The minimum atomic E-state index is -4.37. The molecule has 0 aromatic heterocycles. The largest absolute Gasteiger partial charge is 0.491 e. The molecule has 5 nitrogen and oxygen atoms in total. The number of carbonyl (C=O) groups excluding carboxylic acids is 1. The summed E-state index contributed by atoms with van der Waals surface area (Å²) in [5, 5.41) is 7.53. The maximum atomic E-state index is 12.8. The molecule has 8 heteroatoms. The lowest BCUT2D eigenvalue weighted by molar-refractivity contribution is -0.137. The maximum absolute atomic E-state index is 12.8. The number of amides is 1. The summed E-state index contributed by atoms with van der Waals surface area (Å²) in [5.74, 6) is 0.530. The number of benzene rings is 2. The number of rotatable bonds is 2. The van der Waals surface area contributed by atoms with E-state index in [4.69, 9.17) is 4.74 Å². The molecular formula is C20H16F3N3O2. The number of azo groups is 1. The average Bonchev–Trinajstić information content (AvgIpc) is 3.13. The first-order valence-electron chi connectivity index (χ1n) is 8.70. The zero-order valence-electron chi connectivity index (χ0n) is 14.7. The first-order chi connectivity index (χ1) is 13.4. The molecule has 1 amide bonds. The van der Waals surface area contributed by atoms with E-state index in [1.54, 1.807) is 17.0 Å². The Morgan fingerprint density at radius 1 is 1.07 bits per heavy atom. The molecule has 2 aromatic rings. The second kappa shape index (κ2) is 7.10. The van der Waals surface area contributed by atoms with E-state index in [0.717, 1.165) is 23.3 Å². The van der Waals surface area contributed by atoms with Crippen LogP contribution in [0.3, 0.4) is 0 Å². The van der Waals surface area contributed by atoms with Crippen LogP contribution >= 0.6 is 0 Å². The van der Waals surface area contributed by atoms with Crippen LogP contribution in [0.2, 0.25) is 0 Å².